The number of sulfone groups is 1. The lowest BCUT2D eigenvalue weighted by Crippen LogP contribution is -2.35. The molecule has 0 aliphatic rings. The molecular formula is C21H33F3N2O7S5. The van der Waals surface area contributed by atoms with Gasteiger partial charge in [-0.2, -0.15) is 36.3 Å². The van der Waals surface area contributed by atoms with Gasteiger partial charge in [0, 0.05) is 18.6 Å². The summed E-state index contributed by atoms with van der Waals surface area (Å²) in [5.74, 6) is -1.08. The molecule has 17 heteroatoms. The predicted octanol–water partition coefficient (Wildman–Crippen LogP) is 3.32. The van der Waals surface area contributed by atoms with E-state index in [2.05, 4.69) is 16.9 Å². The average Bonchev–Trinajstić information content (AvgIpc) is 3.32. The second-order valence-electron chi connectivity index (χ2n) is 7.62. The van der Waals surface area contributed by atoms with Crippen LogP contribution in [0.2, 0.25) is 0 Å². The Morgan fingerprint density at radius 1 is 1.21 bits per heavy atom. The number of aliphatic carboxylic acids is 1. The number of carbonyl (C=O) groups is 3. The summed E-state index contributed by atoms with van der Waals surface area (Å²) in [4.78, 5) is 33.2. The SMILES string of the molecule is CSCCCNCSSCC(Cc1ccsc1)C(=O)NCCC(=O)OCCS(C)(=O)=O.O=C(O)C(F)(F)F. The summed E-state index contributed by atoms with van der Waals surface area (Å²) in [6, 6.07) is 2.02. The Labute approximate surface area is 237 Å². The summed E-state index contributed by atoms with van der Waals surface area (Å²) >= 11 is 3.45. The van der Waals surface area contributed by atoms with E-state index in [9.17, 15) is 31.2 Å². The number of amides is 1. The monoisotopic (exact) mass is 642 g/mol. The maximum absolute atomic E-state index is 12.7. The average molecular weight is 643 g/mol. The minimum absolute atomic E-state index is 0.0164. The first kappa shape index (κ1) is 36.9. The van der Waals surface area contributed by atoms with E-state index in [4.69, 9.17) is 14.6 Å². The van der Waals surface area contributed by atoms with E-state index in [0.717, 1.165) is 36.4 Å². The molecule has 0 radical (unpaired) electrons. The zero-order valence-electron chi connectivity index (χ0n) is 21.0. The molecule has 1 unspecified atom stereocenters. The number of hydrogen-bond acceptors (Lipinski definition) is 11. The Morgan fingerprint density at radius 3 is 2.45 bits per heavy atom. The second-order valence-corrected chi connectivity index (χ2v) is 14.2. The molecular weight excluding hydrogens is 610 g/mol. The van der Waals surface area contributed by atoms with Gasteiger partial charge in [-0.1, -0.05) is 21.6 Å². The number of halogens is 3. The number of thiophene rings is 1. The van der Waals surface area contributed by atoms with Crippen molar-refractivity contribution in [1.29, 1.82) is 0 Å². The van der Waals surface area contributed by atoms with Crippen molar-refractivity contribution >= 4 is 72.4 Å². The molecule has 38 heavy (non-hydrogen) atoms. The van der Waals surface area contributed by atoms with Crippen molar-refractivity contribution in [3.05, 3.63) is 22.4 Å². The highest BCUT2D eigenvalue weighted by Gasteiger charge is 2.38. The van der Waals surface area contributed by atoms with Gasteiger partial charge in [0.2, 0.25) is 5.91 Å². The molecule has 0 aliphatic heterocycles. The van der Waals surface area contributed by atoms with Gasteiger partial charge in [-0.25, -0.2) is 13.2 Å². The number of carboxylic acids is 1. The van der Waals surface area contributed by atoms with Crippen molar-refractivity contribution in [3.8, 4) is 0 Å². The predicted molar refractivity (Wildman–Crippen MR) is 149 cm³/mol. The standard InChI is InChI=1S/C19H32N2O5S5.C2HF3O2/c1-27-9-3-6-20-15-30-29-14-17(12-16-5-10-28-13-16)19(23)21-7-4-18(22)26-8-11-31(2,24)25;3-2(4,5)1(6)7/h5,10,13,17,20H,3-4,6-9,11-12,14-15H2,1-2H3,(H,21,23);(H,6,7). The number of alkyl halides is 3. The third kappa shape index (κ3) is 21.8. The van der Waals surface area contributed by atoms with Crippen molar-refractivity contribution < 1.29 is 45.8 Å². The Balaban J connectivity index is 0.00000171. The van der Waals surface area contributed by atoms with Crippen molar-refractivity contribution in [2.75, 3.05) is 55.3 Å². The summed E-state index contributed by atoms with van der Waals surface area (Å²) in [6.45, 7) is 1.00. The molecule has 1 aromatic heterocycles. The molecule has 1 amide bonds. The van der Waals surface area contributed by atoms with Crippen LogP contribution >= 0.6 is 44.7 Å². The summed E-state index contributed by atoms with van der Waals surface area (Å²) in [6.07, 6.45) is -0.0738. The zero-order valence-corrected chi connectivity index (χ0v) is 25.0. The smallest absolute Gasteiger partial charge is 0.475 e. The highest BCUT2D eigenvalue weighted by atomic mass is 33.1. The Kier molecular flexibility index (Phi) is 20.1. The first-order valence-corrected chi connectivity index (χ1v) is 18.0. The van der Waals surface area contributed by atoms with Crippen LogP contribution in [0.1, 0.15) is 18.4 Å². The molecule has 0 spiro atoms. The van der Waals surface area contributed by atoms with Gasteiger partial charge in [-0.3, -0.25) is 9.59 Å². The zero-order chi connectivity index (χ0) is 29.0. The minimum atomic E-state index is -5.08. The third-order valence-electron chi connectivity index (χ3n) is 4.24. The van der Waals surface area contributed by atoms with Crippen LogP contribution in [0.15, 0.2) is 16.8 Å². The lowest BCUT2D eigenvalue weighted by atomic mass is 10.0. The maximum atomic E-state index is 12.7. The number of esters is 1. The summed E-state index contributed by atoms with van der Waals surface area (Å²) in [5, 5.41) is 17.4. The van der Waals surface area contributed by atoms with Gasteiger partial charge in [-0.05, 0) is 53.8 Å². The lowest BCUT2D eigenvalue weighted by Gasteiger charge is -2.16. The molecule has 0 saturated heterocycles. The van der Waals surface area contributed by atoms with Crippen molar-refractivity contribution in [2.45, 2.75) is 25.4 Å². The van der Waals surface area contributed by atoms with Gasteiger partial charge in [0.25, 0.3) is 0 Å². The van der Waals surface area contributed by atoms with Crippen LogP contribution < -0.4 is 10.6 Å². The van der Waals surface area contributed by atoms with Crippen LogP contribution in [0.4, 0.5) is 13.2 Å². The van der Waals surface area contributed by atoms with Crippen LogP contribution in [0.25, 0.3) is 0 Å². The Hall–Kier alpha value is -1.14. The van der Waals surface area contributed by atoms with Crippen LogP contribution in [0.5, 0.6) is 0 Å². The van der Waals surface area contributed by atoms with Gasteiger partial charge >= 0.3 is 18.1 Å². The molecule has 0 aromatic carbocycles. The quantitative estimate of drug-likeness (QED) is 0.0941. The van der Waals surface area contributed by atoms with Crippen LogP contribution in [0, 0.1) is 5.92 Å². The van der Waals surface area contributed by atoms with E-state index in [-0.39, 0.29) is 37.2 Å². The fourth-order valence-corrected chi connectivity index (χ4v) is 5.98. The molecule has 1 rings (SSSR count). The van der Waals surface area contributed by atoms with E-state index in [0.29, 0.717) is 12.2 Å². The van der Waals surface area contributed by atoms with Crippen molar-refractivity contribution in [1.82, 2.24) is 10.6 Å². The Bertz CT molecular complexity index is 917. The number of nitrogens with one attached hydrogen (secondary N) is 2. The first-order chi connectivity index (χ1) is 17.8. The number of thioether (sulfide) groups is 1. The lowest BCUT2D eigenvalue weighted by molar-refractivity contribution is -0.192. The Morgan fingerprint density at radius 2 is 1.89 bits per heavy atom. The topological polar surface area (TPSA) is 139 Å². The van der Waals surface area contributed by atoms with Gasteiger partial charge < -0.3 is 20.5 Å². The summed E-state index contributed by atoms with van der Waals surface area (Å²) < 4.78 is 58.7. The number of hydrogen-bond donors (Lipinski definition) is 3. The molecule has 1 atom stereocenters. The molecule has 0 fully saturated rings. The van der Waals surface area contributed by atoms with Crippen molar-refractivity contribution in [3.63, 3.8) is 0 Å². The van der Waals surface area contributed by atoms with E-state index >= 15 is 0 Å². The molecule has 3 N–H and O–H groups in total. The molecule has 220 valence electrons. The van der Waals surface area contributed by atoms with E-state index < -0.39 is 28.0 Å². The second kappa shape index (κ2) is 20.7. The normalized spacial score (nSPS) is 12.2. The highest BCUT2D eigenvalue weighted by molar-refractivity contribution is 8.76. The van der Waals surface area contributed by atoms with E-state index in [1.807, 2.05) is 28.6 Å². The summed E-state index contributed by atoms with van der Waals surface area (Å²) in [7, 11) is 0.214. The maximum Gasteiger partial charge on any atom is 0.490 e. The van der Waals surface area contributed by atoms with Gasteiger partial charge in [0.15, 0.2) is 9.84 Å². The molecule has 1 aromatic rings. The largest absolute Gasteiger partial charge is 0.490 e. The van der Waals surface area contributed by atoms with Crippen molar-refractivity contribution in [2.24, 2.45) is 5.92 Å². The number of carbonyl (C=O) groups excluding carboxylic acids is 2. The molecule has 0 saturated carbocycles. The number of rotatable bonds is 18. The van der Waals surface area contributed by atoms with Crippen LogP contribution in [0.3, 0.4) is 0 Å². The third-order valence-corrected chi connectivity index (χ3v) is 8.86. The highest BCUT2D eigenvalue weighted by Crippen LogP contribution is 2.25. The van der Waals surface area contributed by atoms with Crippen LogP contribution in [-0.4, -0.2) is 92.9 Å². The van der Waals surface area contributed by atoms with E-state index in [1.165, 1.54) is 0 Å². The number of carboxylic acid groups (broad SMARTS) is 1. The molecule has 0 bridgehead atoms. The first-order valence-electron chi connectivity index (χ1n) is 11.1. The number of ether oxygens (including phenoxy) is 1. The molecule has 0 aliphatic carbocycles. The van der Waals surface area contributed by atoms with Gasteiger partial charge in [0.1, 0.15) is 6.61 Å². The van der Waals surface area contributed by atoms with Gasteiger partial charge in [0.05, 0.1) is 24.0 Å². The molecule has 1 heterocycles. The van der Waals surface area contributed by atoms with E-state index in [1.54, 1.807) is 32.9 Å². The fraction of sp³-hybridized carbons (Fsp3) is 0.667. The minimum Gasteiger partial charge on any atom is -0.475 e. The summed E-state index contributed by atoms with van der Waals surface area (Å²) in [5.41, 5.74) is 1.13. The van der Waals surface area contributed by atoms with Gasteiger partial charge in [-0.15, -0.1) is 0 Å². The molecule has 9 nitrogen and oxygen atoms in total. The fourth-order valence-electron chi connectivity index (χ4n) is 2.36. The van der Waals surface area contributed by atoms with Crippen LogP contribution in [-0.2, 0) is 35.4 Å².